The minimum absolute atomic E-state index is 0.0641. The number of aromatic nitrogens is 1. The highest BCUT2D eigenvalue weighted by Crippen LogP contribution is 2.36. The molecule has 0 radical (unpaired) electrons. The van der Waals surface area contributed by atoms with Crippen LogP contribution in [0.2, 0.25) is 5.02 Å². The minimum Gasteiger partial charge on any atom is -0.364 e. The zero-order chi connectivity index (χ0) is 23.8. The highest BCUT2D eigenvalue weighted by Gasteiger charge is 2.33. The number of urea groups is 1. The van der Waals surface area contributed by atoms with Crippen molar-refractivity contribution >= 4 is 45.8 Å². The number of benzene rings is 3. The fourth-order valence-corrected chi connectivity index (χ4v) is 3.69. The molecule has 0 bridgehead atoms. The summed E-state index contributed by atoms with van der Waals surface area (Å²) in [4.78, 5) is 27.2. The first kappa shape index (κ1) is 22.2. The summed E-state index contributed by atoms with van der Waals surface area (Å²) in [6, 6.07) is 16.3. The number of primary amides is 1. The van der Waals surface area contributed by atoms with Crippen molar-refractivity contribution in [2.75, 3.05) is 10.6 Å². The van der Waals surface area contributed by atoms with Crippen LogP contribution in [-0.4, -0.2) is 16.9 Å². The Balaban J connectivity index is 1.54. The summed E-state index contributed by atoms with van der Waals surface area (Å²) in [7, 11) is 0. The summed E-state index contributed by atoms with van der Waals surface area (Å²) in [5.41, 5.74) is 7.14. The fourth-order valence-electron chi connectivity index (χ4n) is 3.46. The number of para-hydroxylation sites is 1. The number of alkyl halides is 3. The van der Waals surface area contributed by atoms with Gasteiger partial charge in [0.1, 0.15) is 5.69 Å². The molecule has 4 rings (SSSR count). The van der Waals surface area contributed by atoms with E-state index in [-0.39, 0.29) is 11.4 Å². The van der Waals surface area contributed by atoms with E-state index in [0.29, 0.717) is 16.8 Å². The third-order valence-electron chi connectivity index (χ3n) is 4.91. The van der Waals surface area contributed by atoms with Gasteiger partial charge in [0.25, 0.3) is 5.91 Å². The van der Waals surface area contributed by atoms with Gasteiger partial charge < -0.3 is 21.4 Å². The van der Waals surface area contributed by atoms with Crippen LogP contribution in [0.3, 0.4) is 0 Å². The number of halogens is 4. The summed E-state index contributed by atoms with van der Waals surface area (Å²) in [5, 5.41) is 5.24. The molecule has 6 nitrogen and oxygen atoms in total. The van der Waals surface area contributed by atoms with Crippen LogP contribution in [0.25, 0.3) is 22.0 Å². The Morgan fingerprint density at radius 1 is 0.909 bits per heavy atom. The minimum atomic E-state index is -4.65. The highest BCUT2D eigenvalue weighted by atomic mass is 35.5. The second-order valence-electron chi connectivity index (χ2n) is 7.13. The Morgan fingerprint density at radius 3 is 2.21 bits per heavy atom. The van der Waals surface area contributed by atoms with E-state index in [1.165, 1.54) is 6.07 Å². The van der Waals surface area contributed by atoms with Crippen molar-refractivity contribution in [3.63, 3.8) is 0 Å². The number of carbonyl (C=O) groups excluding carboxylic acids is 2. The number of anilines is 2. The van der Waals surface area contributed by atoms with Crippen LogP contribution in [0.5, 0.6) is 0 Å². The lowest BCUT2D eigenvalue weighted by atomic mass is 10.0. The van der Waals surface area contributed by atoms with Crippen LogP contribution in [-0.2, 0) is 6.18 Å². The van der Waals surface area contributed by atoms with Gasteiger partial charge in [-0.15, -0.1) is 0 Å². The molecule has 0 aliphatic carbocycles. The topological polar surface area (TPSA) is 100 Å². The number of fused-ring (bicyclic) bond motifs is 1. The summed E-state index contributed by atoms with van der Waals surface area (Å²) in [6.07, 6.45) is -4.65. The molecule has 3 aromatic carbocycles. The molecular weight excluding hydrogens is 457 g/mol. The summed E-state index contributed by atoms with van der Waals surface area (Å²) in [5.74, 6) is -0.607. The molecule has 0 aliphatic heterocycles. The quantitative estimate of drug-likeness (QED) is 0.282. The molecule has 0 saturated carbocycles. The van der Waals surface area contributed by atoms with Gasteiger partial charge in [-0.25, -0.2) is 4.79 Å². The number of carbonyl (C=O) groups is 2. The summed E-state index contributed by atoms with van der Waals surface area (Å²) < 4.78 is 39.0. The van der Waals surface area contributed by atoms with Gasteiger partial charge in [-0.2, -0.15) is 13.2 Å². The molecule has 168 valence electrons. The molecule has 3 amide bonds. The molecule has 33 heavy (non-hydrogen) atoms. The lowest BCUT2D eigenvalue weighted by Crippen LogP contribution is -2.20. The Kier molecular flexibility index (Phi) is 5.73. The summed E-state index contributed by atoms with van der Waals surface area (Å²) in [6.45, 7) is 0. The first-order valence-corrected chi connectivity index (χ1v) is 9.97. The van der Waals surface area contributed by atoms with Crippen molar-refractivity contribution < 1.29 is 22.8 Å². The zero-order valence-corrected chi connectivity index (χ0v) is 17.5. The molecular formula is C23H16ClF3N4O2. The van der Waals surface area contributed by atoms with E-state index in [1.807, 2.05) is 24.3 Å². The van der Waals surface area contributed by atoms with E-state index in [0.717, 1.165) is 23.0 Å². The maximum atomic E-state index is 13.0. The van der Waals surface area contributed by atoms with Gasteiger partial charge in [0, 0.05) is 27.8 Å². The molecule has 0 fully saturated rings. The van der Waals surface area contributed by atoms with Gasteiger partial charge in [0.05, 0.1) is 10.6 Å². The van der Waals surface area contributed by atoms with Crippen LogP contribution < -0.4 is 16.4 Å². The molecule has 0 spiro atoms. The Labute approximate surface area is 190 Å². The van der Waals surface area contributed by atoms with Crippen molar-refractivity contribution in [1.82, 2.24) is 4.98 Å². The maximum absolute atomic E-state index is 13.0. The molecule has 0 saturated heterocycles. The SMILES string of the molecule is NC(=O)c1[nH]c2ccccc2c1-c1ccc(NC(=O)Nc2ccc(Cl)c(C(F)(F)F)c2)cc1. The number of aromatic amines is 1. The number of rotatable bonds is 4. The number of nitrogens with two attached hydrogens (primary N) is 1. The lowest BCUT2D eigenvalue weighted by Gasteiger charge is -2.12. The van der Waals surface area contributed by atoms with Crippen molar-refractivity contribution in [3.05, 3.63) is 83.0 Å². The predicted molar refractivity (Wildman–Crippen MR) is 121 cm³/mol. The highest BCUT2D eigenvalue weighted by molar-refractivity contribution is 6.31. The predicted octanol–water partition coefficient (Wildman–Crippen LogP) is 6.25. The van der Waals surface area contributed by atoms with Gasteiger partial charge in [-0.3, -0.25) is 4.79 Å². The van der Waals surface area contributed by atoms with Crippen molar-refractivity contribution in [3.8, 4) is 11.1 Å². The first-order valence-electron chi connectivity index (χ1n) is 9.59. The Morgan fingerprint density at radius 2 is 1.55 bits per heavy atom. The van der Waals surface area contributed by atoms with Gasteiger partial charge in [0.2, 0.25) is 0 Å². The van der Waals surface area contributed by atoms with Crippen LogP contribution >= 0.6 is 11.6 Å². The average Bonchev–Trinajstić information content (AvgIpc) is 3.15. The molecule has 0 unspecified atom stereocenters. The lowest BCUT2D eigenvalue weighted by molar-refractivity contribution is -0.137. The molecule has 1 aromatic heterocycles. The van der Waals surface area contributed by atoms with Crippen LogP contribution in [0, 0.1) is 0 Å². The van der Waals surface area contributed by atoms with Crippen LogP contribution in [0.4, 0.5) is 29.3 Å². The zero-order valence-electron chi connectivity index (χ0n) is 16.8. The molecule has 1 heterocycles. The van der Waals surface area contributed by atoms with Gasteiger partial charge >= 0.3 is 12.2 Å². The monoisotopic (exact) mass is 472 g/mol. The van der Waals surface area contributed by atoms with Crippen LogP contribution in [0.1, 0.15) is 16.1 Å². The average molecular weight is 473 g/mol. The number of amides is 3. The van der Waals surface area contributed by atoms with Crippen molar-refractivity contribution in [1.29, 1.82) is 0 Å². The van der Waals surface area contributed by atoms with E-state index in [9.17, 15) is 22.8 Å². The fraction of sp³-hybridized carbons (Fsp3) is 0.0435. The standard InChI is InChI=1S/C23H16ClF3N4O2/c24-17-10-9-14(11-16(17)23(25,26)27)30-22(33)29-13-7-5-12(6-8-13)19-15-3-1-2-4-18(15)31-20(19)21(28)32/h1-11,31H,(H2,28,32)(H2,29,30,33). The number of hydrogen-bond acceptors (Lipinski definition) is 2. The molecule has 0 aliphatic rings. The van der Waals surface area contributed by atoms with E-state index in [2.05, 4.69) is 15.6 Å². The molecule has 10 heteroatoms. The van der Waals surface area contributed by atoms with E-state index >= 15 is 0 Å². The van der Waals surface area contributed by atoms with E-state index < -0.39 is 28.7 Å². The second-order valence-corrected chi connectivity index (χ2v) is 7.54. The Hall–Kier alpha value is -3.98. The molecule has 5 N–H and O–H groups in total. The third kappa shape index (κ3) is 4.63. The number of nitrogens with one attached hydrogen (secondary N) is 3. The normalized spacial score (nSPS) is 11.4. The van der Waals surface area contributed by atoms with Crippen molar-refractivity contribution in [2.45, 2.75) is 6.18 Å². The smallest absolute Gasteiger partial charge is 0.364 e. The third-order valence-corrected chi connectivity index (χ3v) is 5.24. The summed E-state index contributed by atoms with van der Waals surface area (Å²) >= 11 is 5.59. The maximum Gasteiger partial charge on any atom is 0.417 e. The van der Waals surface area contributed by atoms with Gasteiger partial charge in [0.15, 0.2) is 0 Å². The first-order chi connectivity index (χ1) is 15.6. The number of H-pyrrole nitrogens is 1. The van der Waals surface area contributed by atoms with Gasteiger partial charge in [-0.05, 0) is 42.0 Å². The van der Waals surface area contributed by atoms with Gasteiger partial charge in [-0.1, -0.05) is 41.9 Å². The van der Waals surface area contributed by atoms with E-state index in [4.69, 9.17) is 17.3 Å². The second kappa shape index (κ2) is 8.51. The van der Waals surface area contributed by atoms with Crippen LogP contribution in [0.15, 0.2) is 66.7 Å². The van der Waals surface area contributed by atoms with E-state index in [1.54, 1.807) is 24.3 Å². The largest absolute Gasteiger partial charge is 0.417 e. The molecule has 4 aromatic rings. The molecule has 0 atom stereocenters. The number of hydrogen-bond donors (Lipinski definition) is 4. The van der Waals surface area contributed by atoms with Crippen molar-refractivity contribution in [2.24, 2.45) is 5.73 Å². The Bertz CT molecular complexity index is 1360.